The van der Waals surface area contributed by atoms with E-state index in [-0.39, 0.29) is 12.2 Å². The molecule has 236 valence electrons. The Bertz CT molecular complexity index is 1190. The topological polar surface area (TPSA) is 72.5 Å². The number of hydrogen-bond donors (Lipinski definition) is 1. The number of anilines is 1. The van der Waals surface area contributed by atoms with Crippen molar-refractivity contribution in [2.24, 2.45) is 4.99 Å². The van der Waals surface area contributed by atoms with Crippen LogP contribution >= 0.6 is 46.7 Å². The van der Waals surface area contributed by atoms with E-state index in [2.05, 4.69) is 4.99 Å². The Hall–Kier alpha value is -1.85. The van der Waals surface area contributed by atoms with E-state index < -0.39 is 23.9 Å². The lowest BCUT2D eigenvalue weighted by Gasteiger charge is -2.13. The summed E-state index contributed by atoms with van der Waals surface area (Å²) >= 11 is 12.2. The number of hydrogen-bond acceptors (Lipinski definition) is 6. The van der Waals surface area contributed by atoms with E-state index in [0.29, 0.717) is 46.6 Å². The van der Waals surface area contributed by atoms with Crippen LogP contribution in [0.25, 0.3) is 0 Å². The van der Waals surface area contributed by atoms with Crippen LogP contribution in [0.2, 0.25) is 0 Å². The number of nitrogen functional groups attached to an aromatic ring is 1. The molecule has 4 nitrogen and oxygen atoms in total. The van der Waals surface area contributed by atoms with Gasteiger partial charge in [-0.15, -0.1) is 46.7 Å². The van der Waals surface area contributed by atoms with Crippen molar-refractivity contribution >= 4 is 64.3 Å². The van der Waals surface area contributed by atoms with Crippen LogP contribution in [0.4, 0.5) is 32.0 Å². The molecule has 0 bridgehead atoms. The Morgan fingerprint density at radius 3 is 1.76 bits per heavy atom. The molecule has 0 atom stereocenters. The largest absolute Gasteiger partial charge is 0.398 e. The normalized spacial score (nSPS) is 11.0. The summed E-state index contributed by atoms with van der Waals surface area (Å²) in [6.45, 7) is 7.65. The molecular weight excluding hydrogens is 645 g/mol. The van der Waals surface area contributed by atoms with Crippen LogP contribution in [-0.2, 0) is 16.0 Å². The molecular formula is C28H34Cl2F6N2O2S2. The molecule has 2 aromatic rings. The molecule has 0 radical (unpaired) electrons. The summed E-state index contributed by atoms with van der Waals surface area (Å²) in [5.74, 6) is -0.901. The molecule has 0 heterocycles. The summed E-state index contributed by atoms with van der Waals surface area (Å²) in [7, 11) is 0. The number of ketones is 1. The fourth-order valence-corrected chi connectivity index (χ4v) is 5.06. The maximum atomic E-state index is 12.3. The zero-order valence-electron chi connectivity index (χ0n) is 23.6. The molecule has 0 unspecified atom stereocenters. The van der Waals surface area contributed by atoms with Crippen molar-refractivity contribution in [2.75, 3.05) is 35.5 Å². The van der Waals surface area contributed by atoms with Crippen LogP contribution in [0.5, 0.6) is 0 Å². The zero-order chi connectivity index (χ0) is 32.5. The first-order valence-electron chi connectivity index (χ1n) is 12.5. The second kappa shape index (κ2) is 20.2. The van der Waals surface area contributed by atoms with E-state index >= 15 is 0 Å². The molecule has 0 spiro atoms. The Kier molecular flexibility index (Phi) is 19.3. The summed E-state index contributed by atoms with van der Waals surface area (Å²) in [6.07, 6.45) is -5.70. The molecule has 0 amide bonds. The second-order valence-corrected chi connectivity index (χ2v) is 11.8. The van der Waals surface area contributed by atoms with Crippen molar-refractivity contribution in [1.82, 2.24) is 0 Å². The highest BCUT2D eigenvalue weighted by atomic mass is 35.5. The second-order valence-electron chi connectivity index (χ2n) is 9.00. The Balaban J connectivity index is 0.000000695. The molecule has 2 aromatic carbocycles. The number of nitrogens with two attached hydrogens (primary N) is 1. The highest BCUT2D eigenvalue weighted by Crippen LogP contribution is 2.32. The minimum Gasteiger partial charge on any atom is -0.398 e. The van der Waals surface area contributed by atoms with Crippen LogP contribution in [0.3, 0.4) is 0 Å². The first-order chi connectivity index (χ1) is 19.4. The maximum absolute atomic E-state index is 12.3. The van der Waals surface area contributed by atoms with Crippen molar-refractivity contribution in [3.8, 4) is 0 Å². The number of benzene rings is 2. The lowest BCUT2D eigenvalue weighted by Crippen LogP contribution is -2.11. The zero-order valence-corrected chi connectivity index (χ0v) is 26.8. The van der Waals surface area contributed by atoms with Gasteiger partial charge in [0.15, 0.2) is 0 Å². The van der Waals surface area contributed by atoms with E-state index in [9.17, 15) is 35.9 Å². The van der Waals surface area contributed by atoms with Gasteiger partial charge in [-0.2, -0.15) is 26.3 Å². The van der Waals surface area contributed by atoms with Crippen molar-refractivity contribution in [2.45, 2.75) is 69.1 Å². The smallest absolute Gasteiger partial charge is 0.398 e. The molecule has 0 aliphatic rings. The van der Waals surface area contributed by atoms with Gasteiger partial charge in [-0.1, -0.05) is 12.1 Å². The number of carbonyl (C=O) groups is 1. The molecule has 0 aliphatic heterocycles. The van der Waals surface area contributed by atoms with Gasteiger partial charge in [-0.05, 0) is 74.1 Å². The van der Waals surface area contributed by atoms with Crippen molar-refractivity contribution in [3.63, 3.8) is 0 Å². The fraction of sp³-hybridized carbons (Fsp3) is 0.500. The van der Waals surface area contributed by atoms with Crippen LogP contribution < -0.4 is 5.73 Å². The minimum atomic E-state index is -4.20. The van der Waals surface area contributed by atoms with Crippen LogP contribution in [0.15, 0.2) is 39.0 Å². The van der Waals surface area contributed by atoms with E-state index in [1.165, 1.54) is 6.08 Å². The summed E-state index contributed by atoms with van der Waals surface area (Å²) in [5.41, 5.74) is 10.4. The quantitative estimate of drug-likeness (QED) is 0.0641. The maximum Gasteiger partial charge on any atom is 0.398 e. The van der Waals surface area contributed by atoms with E-state index in [4.69, 9.17) is 28.9 Å². The number of Topliss-reactive ketones (excluding diaryl/α,β-unsaturated/α-hetero) is 1. The highest BCUT2D eigenvalue weighted by Gasteiger charge is 2.28. The lowest BCUT2D eigenvalue weighted by molar-refractivity contribution is -0.118. The summed E-state index contributed by atoms with van der Waals surface area (Å²) in [5, 5.41) is 0. The van der Waals surface area contributed by atoms with Gasteiger partial charge < -0.3 is 5.73 Å². The summed E-state index contributed by atoms with van der Waals surface area (Å²) < 4.78 is 72.9. The van der Waals surface area contributed by atoms with Gasteiger partial charge in [-0.3, -0.25) is 4.79 Å². The van der Waals surface area contributed by atoms with Gasteiger partial charge in [0, 0.05) is 40.1 Å². The molecule has 14 heteroatoms. The third kappa shape index (κ3) is 18.6. The number of thioether (sulfide) groups is 2. The van der Waals surface area contributed by atoms with Crippen LogP contribution in [0.1, 0.15) is 40.7 Å². The molecule has 0 fully saturated rings. The molecule has 2 rings (SSSR count). The Labute approximate surface area is 261 Å². The number of aliphatic imine (C=N–C) groups is 1. The molecule has 0 aliphatic carbocycles. The minimum absolute atomic E-state index is 0.0642. The number of isocyanates is 1. The number of rotatable bonds is 11. The van der Waals surface area contributed by atoms with Gasteiger partial charge in [0.25, 0.3) is 0 Å². The molecule has 0 saturated carbocycles. The summed E-state index contributed by atoms with van der Waals surface area (Å²) in [6, 6.07) is 6.94. The fourth-order valence-electron chi connectivity index (χ4n) is 3.20. The van der Waals surface area contributed by atoms with Gasteiger partial charge >= 0.3 is 12.4 Å². The SMILES string of the molecule is Cc1cc(C)c(SCC(F)(F)F)cc1CC(=O)CCCCl.Cc1cc(C)c(SCC(F)(F)F)cc1N.O=C=NCCCl. The van der Waals surface area contributed by atoms with Gasteiger partial charge in [-0.25, -0.2) is 9.79 Å². The number of halogens is 8. The van der Waals surface area contributed by atoms with Gasteiger partial charge in [0.1, 0.15) is 5.78 Å². The average Bonchev–Trinajstić information content (AvgIpc) is 2.88. The first kappa shape index (κ1) is 40.1. The predicted octanol–water partition coefficient (Wildman–Crippen LogP) is 9.19. The van der Waals surface area contributed by atoms with Crippen LogP contribution in [0, 0.1) is 27.7 Å². The van der Waals surface area contributed by atoms with E-state index in [1.807, 2.05) is 19.9 Å². The number of nitrogens with zero attached hydrogens (tertiary/aromatic N) is 1. The van der Waals surface area contributed by atoms with Crippen molar-refractivity contribution in [1.29, 1.82) is 0 Å². The average molecular weight is 680 g/mol. The number of carbonyl (C=O) groups excluding carboxylic acids is 2. The van der Waals surface area contributed by atoms with Gasteiger partial charge in [0.05, 0.1) is 18.1 Å². The highest BCUT2D eigenvalue weighted by molar-refractivity contribution is 7.99. The monoisotopic (exact) mass is 678 g/mol. The molecule has 42 heavy (non-hydrogen) atoms. The standard InChI is InChI=1S/C15H18ClF3OS.C10H12F3NS.C3H4ClNO/c1-10-6-11(2)14(21-9-15(17,18)19)8-12(10)7-13(20)4-3-5-16;1-6-3-7(2)9(4-8(6)14)15-5-10(11,12)13;4-1-2-5-3-6/h6,8H,3-5,7,9H2,1-2H3;3-4H,5,14H2,1-2H3;1-2H2. The predicted molar refractivity (Wildman–Crippen MR) is 162 cm³/mol. The Morgan fingerprint density at radius 2 is 1.33 bits per heavy atom. The van der Waals surface area contributed by atoms with Crippen molar-refractivity contribution in [3.05, 3.63) is 52.1 Å². The third-order valence-corrected chi connectivity index (χ3v) is 8.10. The van der Waals surface area contributed by atoms with E-state index in [0.717, 1.165) is 51.3 Å². The Morgan fingerprint density at radius 1 is 0.833 bits per heavy atom. The van der Waals surface area contributed by atoms with Crippen molar-refractivity contribution < 1.29 is 35.9 Å². The lowest BCUT2D eigenvalue weighted by atomic mass is 9.99. The van der Waals surface area contributed by atoms with Crippen LogP contribution in [-0.4, -0.2) is 54.0 Å². The van der Waals surface area contributed by atoms with E-state index in [1.54, 1.807) is 32.0 Å². The summed E-state index contributed by atoms with van der Waals surface area (Å²) in [4.78, 5) is 25.3. The number of aryl methyl sites for hydroxylation is 4. The molecule has 0 saturated heterocycles. The first-order valence-corrected chi connectivity index (χ1v) is 15.5. The van der Waals surface area contributed by atoms with Gasteiger partial charge in [0.2, 0.25) is 6.08 Å². The molecule has 2 N–H and O–H groups in total. The number of alkyl halides is 8. The third-order valence-electron chi connectivity index (χ3n) is 5.22. The molecule has 0 aromatic heterocycles.